The van der Waals surface area contributed by atoms with E-state index < -0.39 is 49.5 Å². The van der Waals surface area contributed by atoms with Gasteiger partial charge in [0.05, 0.1) is 25.4 Å². The standard InChI is InChI=1S/C78H149NO8/c1-3-5-7-9-11-13-15-17-19-21-23-25-27-28-29-30-31-32-33-34-35-36-37-38-39-40-41-42-43-44-46-48-50-52-54-56-58-60-62-64-66-68-74(82)79-71(70-86-78-77(85)76(84)75(83)73(69-80)87-78)72(81)67-65-63-61-59-57-55-53-51-49-47-45-26-24-22-20-18-16-14-12-10-8-6-4-2/h15,17,21,23,27-28,71-73,75-78,80-81,83-85H,3-14,16,18-20,22,24-26,29-70H2,1-2H3,(H,79,82)/b17-15-,23-21-,28-27-. The Morgan fingerprint density at radius 1 is 0.391 bits per heavy atom. The third kappa shape index (κ3) is 55.7. The van der Waals surface area contributed by atoms with Gasteiger partial charge in [-0.3, -0.25) is 4.79 Å². The Balaban J connectivity index is 2.02. The number of allylic oxidation sites excluding steroid dienone is 6. The molecule has 0 radical (unpaired) electrons. The maximum Gasteiger partial charge on any atom is 0.220 e. The van der Waals surface area contributed by atoms with Crippen LogP contribution in [0.1, 0.15) is 399 Å². The van der Waals surface area contributed by atoms with E-state index in [9.17, 15) is 30.3 Å². The van der Waals surface area contributed by atoms with Crippen molar-refractivity contribution in [1.29, 1.82) is 0 Å². The summed E-state index contributed by atoms with van der Waals surface area (Å²) in [7, 11) is 0. The molecule has 0 bridgehead atoms. The minimum Gasteiger partial charge on any atom is -0.394 e. The Bertz CT molecular complexity index is 1470. The summed E-state index contributed by atoms with van der Waals surface area (Å²) in [5.74, 6) is -0.135. The predicted molar refractivity (Wildman–Crippen MR) is 373 cm³/mol. The number of unbranched alkanes of at least 4 members (excludes halogenated alkanes) is 53. The van der Waals surface area contributed by atoms with Gasteiger partial charge >= 0.3 is 0 Å². The van der Waals surface area contributed by atoms with Gasteiger partial charge in [-0.05, 0) is 51.4 Å². The Labute approximate surface area is 540 Å². The molecule has 0 aromatic carbocycles. The third-order valence-electron chi connectivity index (χ3n) is 18.7. The van der Waals surface area contributed by atoms with Crippen LogP contribution >= 0.6 is 0 Å². The van der Waals surface area contributed by atoms with Gasteiger partial charge in [-0.1, -0.05) is 378 Å². The van der Waals surface area contributed by atoms with Gasteiger partial charge in [0.2, 0.25) is 5.91 Å². The van der Waals surface area contributed by atoms with Crippen molar-refractivity contribution in [1.82, 2.24) is 5.32 Å². The fraction of sp³-hybridized carbons (Fsp3) is 0.910. The summed E-state index contributed by atoms with van der Waals surface area (Å²) in [5.41, 5.74) is 0. The summed E-state index contributed by atoms with van der Waals surface area (Å²) >= 11 is 0. The van der Waals surface area contributed by atoms with E-state index in [1.165, 1.54) is 321 Å². The molecule has 87 heavy (non-hydrogen) atoms. The van der Waals surface area contributed by atoms with Gasteiger partial charge in [-0.25, -0.2) is 0 Å². The zero-order chi connectivity index (χ0) is 62.8. The molecular weight excluding hydrogens is 1080 g/mol. The minimum absolute atomic E-state index is 0.133. The van der Waals surface area contributed by atoms with Crippen LogP contribution in [0.25, 0.3) is 0 Å². The molecule has 9 heteroatoms. The summed E-state index contributed by atoms with van der Waals surface area (Å²) in [6, 6.07) is -0.718. The highest BCUT2D eigenvalue weighted by Crippen LogP contribution is 2.24. The lowest BCUT2D eigenvalue weighted by Crippen LogP contribution is -2.60. The molecule has 0 aromatic heterocycles. The van der Waals surface area contributed by atoms with Gasteiger partial charge in [0.15, 0.2) is 6.29 Å². The van der Waals surface area contributed by atoms with E-state index in [1.807, 2.05) is 0 Å². The summed E-state index contributed by atoms with van der Waals surface area (Å²) in [6.07, 6.45) is 83.9. The molecule has 9 nitrogen and oxygen atoms in total. The lowest BCUT2D eigenvalue weighted by molar-refractivity contribution is -0.302. The van der Waals surface area contributed by atoms with E-state index >= 15 is 0 Å². The average Bonchev–Trinajstić information content (AvgIpc) is 3.47. The van der Waals surface area contributed by atoms with Crippen LogP contribution in [-0.2, 0) is 14.3 Å². The zero-order valence-electron chi connectivity index (χ0n) is 57.8. The molecular formula is C78H149NO8. The number of hydrogen-bond acceptors (Lipinski definition) is 8. The van der Waals surface area contributed by atoms with Crippen LogP contribution in [0.15, 0.2) is 36.5 Å². The van der Waals surface area contributed by atoms with Crippen molar-refractivity contribution in [2.75, 3.05) is 13.2 Å². The number of hydrogen-bond donors (Lipinski definition) is 6. The molecule has 6 N–H and O–H groups in total. The summed E-state index contributed by atoms with van der Waals surface area (Å²) in [6.45, 7) is 3.89. The van der Waals surface area contributed by atoms with Crippen molar-refractivity contribution >= 4 is 5.91 Å². The van der Waals surface area contributed by atoms with Gasteiger partial charge in [-0.2, -0.15) is 0 Å². The maximum atomic E-state index is 13.2. The first kappa shape index (κ1) is 83.4. The van der Waals surface area contributed by atoms with Crippen LogP contribution in [-0.4, -0.2) is 87.5 Å². The number of nitrogens with one attached hydrogen (secondary N) is 1. The molecule has 0 saturated carbocycles. The summed E-state index contributed by atoms with van der Waals surface area (Å²) in [4.78, 5) is 13.2. The van der Waals surface area contributed by atoms with Crippen molar-refractivity contribution in [3.05, 3.63) is 36.5 Å². The monoisotopic (exact) mass is 1230 g/mol. The van der Waals surface area contributed by atoms with E-state index in [0.29, 0.717) is 12.8 Å². The van der Waals surface area contributed by atoms with E-state index in [-0.39, 0.29) is 12.5 Å². The number of carbonyl (C=O) groups is 1. The first-order valence-electron chi connectivity index (χ1n) is 38.7. The van der Waals surface area contributed by atoms with Crippen LogP contribution in [0.2, 0.25) is 0 Å². The van der Waals surface area contributed by atoms with Gasteiger partial charge in [0.25, 0.3) is 0 Å². The molecule has 1 amide bonds. The molecule has 1 aliphatic heterocycles. The molecule has 0 aliphatic carbocycles. The highest BCUT2D eigenvalue weighted by Gasteiger charge is 2.44. The lowest BCUT2D eigenvalue weighted by atomic mass is 9.99. The van der Waals surface area contributed by atoms with Crippen LogP contribution in [0, 0.1) is 0 Å². The third-order valence-corrected chi connectivity index (χ3v) is 18.7. The van der Waals surface area contributed by atoms with Gasteiger partial charge in [0.1, 0.15) is 24.4 Å². The van der Waals surface area contributed by atoms with Crippen molar-refractivity contribution in [3.63, 3.8) is 0 Å². The van der Waals surface area contributed by atoms with E-state index in [2.05, 4.69) is 55.6 Å². The first-order chi connectivity index (χ1) is 42.8. The topological polar surface area (TPSA) is 149 Å². The molecule has 514 valence electrons. The number of amides is 1. The second-order valence-corrected chi connectivity index (χ2v) is 27.2. The normalized spacial score (nSPS) is 18.1. The van der Waals surface area contributed by atoms with Crippen LogP contribution in [0.5, 0.6) is 0 Å². The number of aliphatic hydroxyl groups is 5. The molecule has 1 saturated heterocycles. The summed E-state index contributed by atoms with van der Waals surface area (Å²) < 4.78 is 11.4. The Kier molecular flexibility index (Phi) is 64.5. The second kappa shape index (κ2) is 67.3. The predicted octanol–water partition coefficient (Wildman–Crippen LogP) is 21.8. The molecule has 1 heterocycles. The molecule has 1 rings (SSSR count). The second-order valence-electron chi connectivity index (χ2n) is 27.2. The van der Waals surface area contributed by atoms with Gasteiger partial charge in [0, 0.05) is 6.42 Å². The number of rotatable bonds is 69. The van der Waals surface area contributed by atoms with Crippen LogP contribution < -0.4 is 5.32 Å². The van der Waals surface area contributed by atoms with Crippen molar-refractivity contribution in [2.24, 2.45) is 0 Å². The highest BCUT2D eigenvalue weighted by molar-refractivity contribution is 5.76. The van der Waals surface area contributed by atoms with Gasteiger partial charge in [-0.15, -0.1) is 0 Å². The SMILES string of the molecule is CCCCCCC/C=C\C/C=C\C/C=C\CCCCCCCCCCCCCCCCCCCCCCCCCCCCC(=O)NC(COC1OC(CO)C(O)C(O)C1O)C(O)CCCCCCCCCCCCCCCCCCCCCCCCC. The quantitative estimate of drug-likeness (QED) is 0.0261. The number of ether oxygens (including phenoxy) is 2. The van der Waals surface area contributed by atoms with Crippen LogP contribution in [0.4, 0.5) is 0 Å². The van der Waals surface area contributed by atoms with Gasteiger partial charge < -0.3 is 40.3 Å². The fourth-order valence-corrected chi connectivity index (χ4v) is 12.7. The average molecular weight is 1230 g/mol. The van der Waals surface area contributed by atoms with E-state index in [1.54, 1.807) is 0 Å². The van der Waals surface area contributed by atoms with Crippen molar-refractivity contribution in [3.8, 4) is 0 Å². The largest absolute Gasteiger partial charge is 0.394 e. The molecule has 0 spiro atoms. The number of aliphatic hydroxyl groups excluding tert-OH is 5. The lowest BCUT2D eigenvalue weighted by Gasteiger charge is -2.40. The van der Waals surface area contributed by atoms with E-state index in [4.69, 9.17) is 9.47 Å². The number of carbonyl (C=O) groups excluding carboxylic acids is 1. The Morgan fingerprint density at radius 3 is 1.00 bits per heavy atom. The van der Waals surface area contributed by atoms with Crippen LogP contribution in [0.3, 0.4) is 0 Å². The molecule has 7 atom stereocenters. The summed E-state index contributed by atoms with van der Waals surface area (Å²) in [5, 5.41) is 55.0. The van der Waals surface area contributed by atoms with Crippen molar-refractivity contribution in [2.45, 2.75) is 442 Å². The molecule has 1 fully saturated rings. The maximum absolute atomic E-state index is 13.2. The molecule has 1 aliphatic rings. The van der Waals surface area contributed by atoms with Crippen molar-refractivity contribution < 1.29 is 39.8 Å². The zero-order valence-corrected chi connectivity index (χ0v) is 57.8. The minimum atomic E-state index is -1.55. The first-order valence-corrected chi connectivity index (χ1v) is 38.7. The Morgan fingerprint density at radius 2 is 0.678 bits per heavy atom. The smallest absolute Gasteiger partial charge is 0.220 e. The highest BCUT2D eigenvalue weighted by atomic mass is 16.7. The van der Waals surface area contributed by atoms with E-state index in [0.717, 1.165) is 51.4 Å². The molecule has 7 unspecified atom stereocenters. The molecule has 0 aromatic rings. The fourth-order valence-electron chi connectivity index (χ4n) is 12.7. The Hall–Kier alpha value is -1.59.